The fraction of sp³-hybridized carbons (Fsp3) is 0.400. The lowest BCUT2D eigenvalue weighted by atomic mass is 10.0. The fourth-order valence-electron chi connectivity index (χ4n) is 2.43. The zero-order valence-corrected chi connectivity index (χ0v) is 11.3. The summed E-state index contributed by atoms with van der Waals surface area (Å²) < 4.78 is 0. The maximum atomic E-state index is 10.9. The minimum Gasteiger partial charge on any atom is -0.481 e. The first kappa shape index (κ1) is 12.7. The molecule has 0 spiro atoms. The van der Waals surface area contributed by atoms with Gasteiger partial charge in [-0.05, 0) is 38.0 Å². The van der Waals surface area contributed by atoms with Gasteiger partial charge >= 0.3 is 5.97 Å². The number of fused-ring (bicyclic) bond motifs is 1. The van der Waals surface area contributed by atoms with Crippen molar-refractivity contribution in [3.05, 3.63) is 34.5 Å². The molecule has 0 aliphatic heterocycles. The fourth-order valence-corrected chi connectivity index (χ4v) is 2.43. The van der Waals surface area contributed by atoms with E-state index in [2.05, 4.69) is 37.9 Å². The maximum absolute atomic E-state index is 10.9. The van der Waals surface area contributed by atoms with E-state index in [0.29, 0.717) is 6.42 Å². The number of hydrogen-bond acceptors (Lipinski definition) is 1. The first-order valence-electron chi connectivity index (χ1n) is 6.21. The highest BCUT2D eigenvalue weighted by atomic mass is 16.4. The largest absolute Gasteiger partial charge is 0.481 e. The molecule has 1 aromatic heterocycles. The molecule has 1 heterocycles. The number of rotatable bonds is 3. The van der Waals surface area contributed by atoms with Crippen LogP contribution in [0, 0.1) is 26.7 Å². The summed E-state index contributed by atoms with van der Waals surface area (Å²) in [6.07, 6.45) is 0.550. The number of benzene rings is 1. The summed E-state index contributed by atoms with van der Waals surface area (Å²) in [7, 11) is 0. The lowest BCUT2D eigenvalue weighted by molar-refractivity contribution is -0.141. The van der Waals surface area contributed by atoms with Crippen LogP contribution in [0.2, 0.25) is 0 Å². The quantitative estimate of drug-likeness (QED) is 0.871. The van der Waals surface area contributed by atoms with Gasteiger partial charge in [-0.1, -0.05) is 18.6 Å². The standard InChI is InChI=1S/C15H19NO2/c1-8-5-9(2)14-12(6-8)11(4)13(16-14)7-10(3)15(17)18/h5-6,10,16H,7H2,1-4H3,(H,17,18). The molecule has 2 aromatic rings. The van der Waals surface area contributed by atoms with Crippen molar-refractivity contribution >= 4 is 16.9 Å². The number of nitrogens with one attached hydrogen (secondary N) is 1. The SMILES string of the molecule is Cc1cc(C)c2[nH]c(CC(C)C(=O)O)c(C)c2c1. The van der Waals surface area contributed by atoms with E-state index >= 15 is 0 Å². The Hall–Kier alpha value is -1.77. The third kappa shape index (κ3) is 2.13. The molecule has 0 fully saturated rings. The van der Waals surface area contributed by atoms with E-state index in [0.717, 1.165) is 11.2 Å². The summed E-state index contributed by atoms with van der Waals surface area (Å²) in [6, 6.07) is 4.30. The predicted molar refractivity (Wildman–Crippen MR) is 73.0 cm³/mol. The Morgan fingerprint density at radius 2 is 2.00 bits per heavy atom. The molecule has 18 heavy (non-hydrogen) atoms. The third-order valence-electron chi connectivity index (χ3n) is 3.54. The molecule has 0 saturated carbocycles. The highest BCUT2D eigenvalue weighted by Gasteiger charge is 2.16. The van der Waals surface area contributed by atoms with Crippen molar-refractivity contribution in [1.82, 2.24) is 4.98 Å². The third-order valence-corrected chi connectivity index (χ3v) is 3.54. The van der Waals surface area contributed by atoms with Crippen LogP contribution in [0.3, 0.4) is 0 Å². The summed E-state index contributed by atoms with van der Waals surface area (Å²) >= 11 is 0. The average molecular weight is 245 g/mol. The normalized spacial score (nSPS) is 12.9. The van der Waals surface area contributed by atoms with Crippen molar-refractivity contribution in [1.29, 1.82) is 0 Å². The summed E-state index contributed by atoms with van der Waals surface area (Å²) in [5, 5.41) is 10.2. The van der Waals surface area contributed by atoms with Crippen LogP contribution >= 0.6 is 0 Å². The smallest absolute Gasteiger partial charge is 0.306 e. The number of carboxylic acid groups (broad SMARTS) is 1. The van der Waals surface area contributed by atoms with Gasteiger partial charge in [0.2, 0.25) is 0 Å². The van der Waals surface area contributed by atoms with E-state index in [1.165, 1.54) is 22.1 Å². The van der Waals surface area contributed by atoms with Crippen LogP contribution in [0.1, 0.15) is 29.3 Å². The molecule has 1 unspecified atom stereocenters. The van der Waals surface area contributed by atoms with Gasteiger partial charge in [0, 0.05) is 23.0 Å². The number of carbonyl (C=O) groups is 1. The zero-order valence-electron chi connectivity index (χ0n) is 11.3. The molecule has 2 rings (SSSR count). The van der Waals surface area contributed by atoms with Gasteiger partial charge in [0.15, 0.2) is 0 Å². The Labute approximate surface area is 107 Å². The van der Waals surface area contributed by atoms with Crippen LogP contribution in [-0.2, 0) is 11.2 Å². The van der Waals surface area contributed by atoms with Gasteiger partial charge in [-0.2, -0.15) is 0 Å². The number of aryl methyl sites for hydroxylation is 3. The summed E-state index contributed by atoms with van der Waals surface area (Å²) in [5.74, 6) is -1.11. The van der Waals surface area contributed by atoms with Gasteiger partial charge < -0.3 is 10.1 Å². The second-order valence-electron chi connectivity index (χ2n) is 5.18. The van der Waals surface area contributed by atoms with Gasteiger partial charge in [0.1, 0.15) is 0 Å². The molecule has 1 aromatic carbocycles. The minimum absolute atomic E-state index is 0.363. The topological polar surface area (TPSA) is 53.1 Å². The second-order valence-corrected chi connectivity index (χ2v) is 5.18. The molecule has 0 aliphatic carbocycles. The van der Waals surface area contributed by atoms with Crippen molar-refractivity contribution in [3.63, 3.8) is 0 Å². The van der Waals surface area contributed by atoms with Gasteiger partial charge in [-0.3, -0.25) is 4.79 Å². The molecule has 3 nitrogen and oxygen atoms in total. The van der Waals surface area contributed by atoms with E-state index in [1.54, 1.807) is 6.92 Å². The number of H-pyrrole nitrogens is 1. The van der Waals surface area contributed by atoms with Crippen molar-refractivity contribution in [3.8, 4) is 0 Å². The van der Waals surface area contributed by atoms with Crippen molar-refractivity contribution < 1.29 is 9.90 Å². The number of aromatic amines is 1. The number of aromatic nitrogens is 1. The van der Waals surface area contributed by atoms with E-state index in [9.17, 15) is 4.79 Å². The molecular weight excluding hydrogens is 226 g/mol. The predicted octanol–water partition coefficient (Wildman–Crippen LogP) is 3.36. The van der Waals surface area contributed by atoms with Crippen molar-refractivity contribution in [2.24, 2.45) is 5.92 Å². The van der Waals surface area contributed by atoms with Crippen LogP contribution in [0.5, 0.6) is 0 Å². The summed E-state index contributed by atoms with van der Waals surface area (Å²) in [4.78, 5) is 14.3. The van der Waals surface area contributed by atoms with Crippen LogP contribution in [-0.4, -0.2) is 16.1 Å². The van der Waals surface area contributed by atoms with Crippen molar-refractivity contribution in [2.45, 2.75) is 34.1 Å². The average Bonchev–Trinajstić information content (AvgIpc) is 2.57. The highest BCUT2D eigenvalue weighted by molar-refractivity contribution is 5.88. The molecule has 2 N–H and O–H groups in total. The molecule has 0 saturated heterocycles. The molecule has 96 valence electrons. The van der Waals surface area contributed by atoms with Gasteiger partial charge in [0.05, 0.1) is 5.92 Å². The van der Waals surface area contributed by atoms with Crippen molar-refractivity contribution in [2.75, 3.05) is 0 Å². The highest BCUT2D eigenvalue weighted by Crippen LogP contribution is 2.27. The first-order valence-corrected chi connectivity index (χ1v) is 6.21. The Balaban J connectivity index is 2.51. The molecule has 0 amide bonds. The van der Waals surface area contributed by atoms with E-state index in [1.807, 2.05) is 0 Å². The van der Waals surface area contributed by atoms with Crippen LogP contribution in [0.15, 0.2) is 12.1 Å². The van der Waals surface area contributed by atoms with Gasteiger partial charge in [-0.15, -0.1) is 0 Å². The minimum atomic E-state index is -0.749. The van der Waals surface area contributed by atoms with Gasteiger partial charge in [0.25, 0.3) is 0 Å². The molecular formula is C15H19NO2. The van der Waals surface area contributed by atoms with Crippen LogP contribution in [0.25, 0.3) is 10.9 Å². The second kappa shape index (κ2) is 4.48. The Kier molecular flexibility index (Phi) is 3.16. The Morgan fingerprint density at radius 3 is 2.61 bits per heavy atom. The number of aliphatic carboxylic acids is 1. The lowest BCUT2D eigenvalue weighted by Crippen LogP contribution is -2.12. The maximum Gasteiger partial charge on any atom is 0.306 e. The molecule has 0 bridgehead atoms. The number of hydrogen-bond donors (Lipinski definition) is 2. The van der Waals surface area contributed by atoms with E-state index in [4.69, 9.17) is 5.11 Å². The van der Waals surface area contributed by atoms with E-state index < -0.39 is 5.97 Å². The first-order chi connectivity index (χ1) is 8.40. The summed E-state index contributed by atoms with van der Waals surface area (Å²) in [6.45, 7) is 7.96. The zero-order chi connectivity index (χ0) is 13.4. The van der Waals surface area contributed by atoms with Crippen LogP contribution in [0.4, 0.5) is 0 Å². The molecule has 0 radical (unpaired) electrons. The van der Waals surface area contributed by atoms with E-state index in [-0.39, 0.29) is 5.92 Å². The van der Waals surface area contributed by atoms with Crippen LogP contribution < -0.4 is 0 Å². The Bertz CT molecular complexity index is 610. The van der Waals surface area contributed by atoms with Gasteiger partial charge in [-0.25, -0.2) is 0 Å². The molecule has 0 aliphatic rings. The Morgan fingerprint density at radius 1 is 1.33 bits per heavy atom. The number of carboxylic acids is 1. The lowest BCUT2D eigenvalue weighted by Gasteiger charge is -2.04. The monoisotopic (exact) mass is 245 g/mol. The summed E-state index contributed by atoms with van der Waals surface area (Å²) in [5.41, 5.74) is 5.78. The molecule has 1 atom stereocenters. The molecule has 3 heteroatoms.